The van der Waals surface area contributed by atoms with E-state index in [-0.39, 0.29) is 11.8 Å². The summed E-state index contributed by atoms with van der Waals surface area (Å²) in [7, 11) is 0. The lowest BCUT2D eigenvalue weighted by atomic mass is 9.63. The van der Waals surface area contributed by atoms with Crippen LogP contribution in [-0.2, 0) is 0 Å². The maximum atomic E-state index is 4.66. The molecule has 0 N–H and O–H groups in total. The van der Waals surface area contributed by atoms with Gasteiger partial charge in [-0.2, -0.15) is 11.3 Å². The third kappa shape index (κ3) is 1.39. The molecule has 0 saturated heterocycles. The molecule has 3 aliphatic carbocycles. The fourth-order valence-corrected chi connectivity index (χ4v) is 5.14. The van der Waals surface area contributed by atoms with Gasteiger partial charge in [0, 0.05) is 17.7 Å². The third-order valence-electron chi connectivity index (χ3n) is 5.28. The lowest BCUT2D eigenvalue weighted by Crippen LogP contribution is -2.28. The zero-order valence-corrected chi connectivity index (χ0v) is 13.0. The fraction of sp³-hybridized carbons (Fsp3) is 0.100. The van der Waals surface area contributed by atoms with Gasteiger partial charge in [-0.3, -0.25) is 0 Å². The van der Waals surface area contributed by atoms with Gasteiger partial charge < -0.3 is 0 Å². The van der Waals surface area contributed by atoms with Crippen molar-refractivity contribution in [2.24, 2.45) is 0 Å². The molecule has 0 amide bonds. The first-order chi connectivity index (χ1) is 11.4. The molecule has 2 bridgehead atoms. The van der Waals surface area contributed by atoms with E-state index in [2.05, 4.69) is 57.1 Å². The topological polar surface area (TPSA) is 25.8 Å². The Kier molecular flexibility index (Phi) is 2.11. The molecule has 7 rings (SSSR count). The van der Waals surface area contributed by atoms with E-state index >= 15 is 0 Å². The zero-order chi connectivity index (χ0) is 15.0. The van der Waals surface area contributed by atoms with Gasteiger partial charge in [-0.05, 0) is 55.9 Å². The summed E-state index contributed by atoms with van der Waals surface area (Å²) in [5.41, 5.74) is 8.14. The van der Waals surface area contributed by atoms with Gasteiger partial charge in [0.05, 0.1) is 11.6 Å². The maximum absolute atomic E-state index is 4.66. The lowest BCUT2D eigenvalue weighted by molar-refractivity contribution is 0.720. The SMILES string of the molecule is c1ccc2c(c1)C1c3cc4cscc4cc3C2c2ncncc21. The molecular formula is C20H12N2S. The Morgan fingerprint density at radius 1 is 0.783 bits per heavy atom. The Labute approximate surface area is 137 Å². The first kappa shape index (κ1) is 12.0. The number of hydrogen-bond acceptors (Lipinski definition) is 3. The minimum Gasteiger partial charge on any atom is -0.244 e. The molecule has 3 heteroatoms. The van der Waals surface area contributed by atoms with E-state index in [0.29, 0.717) is 0 Å². The number of thiophene rings is 1. The van der Waals surface area contributed by atoms with Gasteiger partial charge in [-0.25, -0.2) is 9.97 Å². The Morgan fingerprint density at radius 2 is 1.48 bits per heavy atom. The van der Waals surface area contributed by atoms with Crippen molar-refractivity contribution in [3.63, 3.8) is 0 Å². The summed E-state index contributed by atoms with van der Waals surface area (Å²) in [6.45, 7) is 0. The van der Waals surface area contributed by atoms with Crippen molar-refractivity contribution in [1.29, 1.82) is 0 Å². The van der Waals surface area contributed by atoms with Gasteiger partial charge in [-0.1, -0.05) is 24.3 Å². The van der Waals surface area contributed by atoms with Crippen molar-refractivity contribution >= 4 is 22.1 Å². The summed E-state index contributed by atoms with van der Waals surface area (Å²) in [5.74, 6) is 0.514. The average Bonchev–Trinajstić information content (AvgIpc) is 3.06. The van der Waals surface area contributed by atoms with Gasteiger partial charge in [-0.15, -0.1) is 0 Å². The molecule has 2 heterocycles. The van der Waals surface area contributed by atoms with Gasteiger partial charge in [0.1, 0.15) is 6.33 Å². The minimum atomic E-state index is 0.244. The van der Waals surface area contributed by atoms with Gasteiger partial charge in [0.15, 0.2) is 0 Å². The van der Waals surface area contributed by atoms with Gasteiger partial charge in [0.25, 0.3) is 0 Å². The second kappa shape index (κ2) is 4.06. The number of hydrogen-bond donors (Lipinski definition) is 0. The van der Waals surface area contributed by atoms with Crippen molar-refractivity contribution in [3.05, 3.63) is 93.2 Å². The number of fused-ring (bicyclic) bond motifs is 1. The van der Waals surface area contributed by atoms with Crippen molar-refractivity contribution in [3.8, 4) is 0 Å². The van der Waals surface area contributed by atoms with Crippen LogP contribution in [0, 0.1) is 0 Å². The van der Waals surface area contributed by atoms with Crippen LogP contribution >= 0.6 is 11.3 Å². The Hall–Kier alpha value is -2.52. The van der Waals surface area contributed by atoms with E-state index in [0.717, 1.165) is 0 Å². The van der Waals surface area contributed by atoms with Crippen LogP contribution in [0.1, 0.15) is 45.3 Å². The van der Waals surface area contributed by atoms with E-state index in [4.69, 9.17) is 0 Å². The predicted molar refractivity (Wildman–Crippen MR) is 92.2 cm³/mol. The smallest absolute Gasteiger partial charge is 0.115 e. The van der Waals surface area contributed by atoms with Gasteiger partial charge >= 0.3 is 0 Å². The van der Waals surface area contributed by atoms with Crippen molar-refractivity contribution in [2.45, 2.75) is 11.8 Å². The van der Waals surface area contributed by atoms with Gasteiger partial charge in [0.2, 0.25) is 0 Å². The quantitative estimate of drug-likeness (QED) is 0.407. The molecule has 0 aliphatic heterocycles. The Bertz CT molecular complexity index is 964. The summed E-state index contributed by atoms with van der Waals surface area (Å²) < 4.78 is 0. The van der Waals surface area contributed by atoms with Crippen LogP contribution in [0.3, 0.4) is 0 Å². The molecule has 23 heavy (non-hydrogen) atoms. The molecule has 0 radical (unpaired) electrons. The van der Waals surface area contributed by atoms with Crippen LogP contribution in [0.2, 0.25) is 0 Å². The van der Waals surface area contributed by atoms with E-state index in [1.165, 1.54) is 44.3 Å². The average molecular weight is 312 g/mol. The highest BCUT2D eigenvalue weighted by Gasteiger charge is 2.42. The maximum Gasteiger partial charge on any atom is 0.115 e. The highest BCUT2D eigenvalue weighted by atomic mass is 32.1. The fourth-order valence-electron chi connectivity index (χ4n) is 4.37. The summed E-state index contributed by atoms with van der Waals surface area (Å²) >= 11 is 1.77. The third-order valence-corrected chi connectivity index (χ3v) is 6.06. The van der Waals surface area contributed by atoms with Crippen LogP contribution < -0.4 is 0 Å². The standard InChI is InChI=1S/C20H12N2S/c1-2-4-14-13(3-1)18-15-5-11-8-23-9-12(11)6-16(15)19(14)20-17(18)7-21-10-22-20/h1-10,18-19H. The van der Waals surface area contributed by atoms with Crippen molar-refractivity contribution in [1.82, 2.24) is 9.97 Å². The monoisotopic (exact) mass is 312 g/mol. The molecule has 0 fully saturated rings. The highest BCUT2D eigenvalue weighted by molar-refractivity contribution is 7.09. The first-order valence-electron chi connectivity index (χ1n) is 7.80. The Balaban J connectivity index is 1.78. The molecular weight excluding hydrogens is 300 g/mol. The summed E-state index contributed by atoms with van der Waals surface area (Å²) in [6.07, 6.45) is 3.70. The number of nitrogens with zero attached hydrogens (tertiary/aromatic N) is 2. The van der Waals surface area contributed by atoms with Crippen LogP contribution in [0.25, 0.3) is 10.8 Å². The molecule has 0 saturated carbocycles. The first-order valence-corrected chi connectivity index (χ1v) is 8.74. The molecule has 2 aromatic heterocycles. The molecule has 0 spiro atoms. The molecule has 2 aromatic carbocycles. The van der Waals surface area contributed by atoms with Crippen molar-refractivity contribution < 1.29 is 0 Å². The number of aromatic nitrogens is 2. The van der Waals surface area contributed by atoms with Crippen LogP contribution in [0.4, 0.5) is 0 Å². The normalized spacial score (nSPS) is 20.2. The van der Waals surface area contributed by atoms with Crippen molar-refractivity contribution in [2.75, 3.05) is 0 Å². The summed E-state index contributed by atoms with van der Waals surface area (Å²) in [4.78, 5) is 8.96. The number of benzene rings is 2. The van der Waals surface area contributed by atoms with Crippen LogP contribution in [0.15, 0.2) is 59.7 Å². The van der Waals surface area contributed by atoms with E-state index in [9.17, 15) is 0 Å². The lowest BCUT2D eigenvalue weighted by Gasteiger charge is -2.40. The minimum absolute atomic E-state index is 0.244. The van der Waals surface area contributed by atoms with Crippen LogP contribution in [-0.4, -0.2) is 9.97 Å². The second-order valence-electron chi connectivity index (χ2n) is 6.34. The highest BCUT2D eigenvalue weighted by Crippen LogP contribution is 2.55. The molecule has 2 nitrogen and oxygen atoms in total. The summed E-state index contributed by atoms with van der Waals surface area (Å²) in [5, 5.41) is 7.17. The van der Waals surface area contributed by atoms with Crippen LogP contribution in [0.5, 0.6) is 0 Å². The second-order valence-corrected chi connectivity index (χ2v) is 7.08. The molecule has 108 valence electrons. The molecule has 2 atom stereocenters. The molecule has 4 aromatic rings. The van der Waals surface area contributed by atoms with E-state index in [1.54, 1.807) is 17.7 Å². The van der Waals surface area contributed by atoms with E-state index in [1.807, 2.05) is 6.20 Å². The molecule has 2 unspecified atom stereocenters. The molecule has 3 aliphatic rings. The summed E-state index contributed by atoms with van der Waals surface area (Å²) in [6, 6.07) is 13.6. The largest absolute Gasteiger partial charge is 0.244 e. The predicted octanol–water partition coefficient (Wildman–Crippen LogP) is 4.68. The Morgan fingerprint density at radius 3 is 2.26 bits per heavy atom. The zero-order valence-electron chi connectivity index (χ0n) is 12.2. The van der Waals surface area contributed by atoms with E-state index < -0.39 is 0 Å². The number of rotatable bonds is 0.